The highest BCUT2D eigenvalue weighted by Crippen LogP contribution is 2.30. The summed E-state index contributed by atoms with van der Waals surface area (Å²) in [5, 5.41) is 4.35. The van der Waals surface area contributed by atoms with Crippen molar-refractivity contribution in [3.8, 4) is 0 Å². The second-order valence-corrected chi connectivity index (χ2v) is 5.86. The summed E-state index contributed by atoms with van der Waals surface area (Å²) in [7, 11) is 0. The first-order valence-electron chi connectivity index (χ1n) is 8.28. The number of carbonyl (C=O) groups excluding carboxylic acids is 3. The van der Waals surface area contributed by atoms with Crippen LogP contribution in [0.2, 0.25) is 0 Å². The van der Waals surface area contributed by atoms with Crippen LogP contribution in [0.1, 0.15) is 22.8 Å². The van der Waals surface area contributed by atoms with Crippen molar-refractivity contribution in [3.05, 3.63) is 65.5 Å². The highest BCUT2D eigenvalue weighted by atomic mass is 19.4. The zero-order chi connectivity index (χ0) is 21.6. The molecule has 2 aromatic rings. The summed E-state index contributed by atoms with van der Waals surface area (Å²) < 4.78 is 56.4. The second-order valence-electron chi connectivity index (χ2n) is 5.86. The van der Waals surface area contributed by atoms with Crippen molar-refractivity contribution in [2.45, 2.75) is 19.2 Å². The van der Waals surface area contributed by atoms with Crippen LogP contribution in [0.25, 0.3) is 0 Å². The van der Waals surface area contributed by atoms with Crippen LogP contribution in [0.3, 0.4) is 0 Å². The van der Waals surface area contributed by atoms with E-state index in [1.807, 2.05) is 0 Å². The molecule has 0 aliphatic heterocycles. The molecule has 0 aliphatic carbocycles. The Morgan fingerprint density at radius 3 is 2.41 bits per heavy atom. The molecule has 0 saturated heterocycles. The Bertz CT molecular complexity index is 915. The van der Waals surface area contributed by atoms with Gasteiger partial charge in [-0.15, -0.1) is 0 Å². The van der Waals surface area contributed by atoms with Crippen molar-refractivity contribution in [2.24, 2.45) is 0 Å². The molecule has 0 aliphatic rings. The molecule has 0 heterocycles. The van der Waals surface area contributed by atoms with Crippen molar-refractivity contribution in [1.29, 1.82) is 0 Å². The fourth-order valence-electron chi connectivity index (χ4n) is 2.20. The largest absolute Gasteiger partial charge is 0.451 e. The summed E-state index contributed by atoms with van der Waals surface area (Å²) in [6.45, 7) is 0.577. The van der Waals surface area contributed by atoms with Gasteiger partial charge < -0.3 is 15.4 Å². The Balaban J connectivity index is 1.87. The van der Waals surface area contributed by atoms with Gasteiger partial charge in [-0.1, -0.05) is 18.2 Å². The number of carbonyl (C=O) groups is 3. The second kappa shape index (κ2) is 9.18. The molecular formula is C19H16F4N2O4. The normalized spacial score (nSPS) is 12.0. The zero-order valence-corrected chi connectivity index (χ0v) is 15.0. The molecular weight excluding hydrogens is 396 g/mol. The molecule has 29 heavy (non-hydrogen) atoms. The molecule has 1 unspecified atom stereocenters. The van der Waals surface area contributed by atoms with Gasteiger partial charge in [0.25, 0.3) is 11.8 Å². The molecule has 154 valence electrons. The molecule has 0 saturated carbocycles. The number of alkyl halides is 3. The molecule has 0 aromatic heterocycles. The molecule has 2 aromatic carbocycles. The van der Waals surface area contributed by atoms with Crippen LogP contribution in [0, 0.1) is 5.82 Å². The molecule has 6 nitrogen and oxygen atoms in total. The molecule has 0 spiro atoms. The predicted octanol–water partition coefficient (Wildman–Crippen LogP) is 3.14. The van der Waals surface area contributed by atoms with Crippen molar-refractivity contribution in [3.63, 3.8) is 0 Å². The lowest BCUT2D eigenvalue weighted by Gasteiger charge is -2.15. The average Bonchev–Trinajstić information content (AvgIpc) is 2.66. The molecule has 0 bridgehead atoms. The molecule has 2 rings (SSSR count). The van der Waals surface area contributed by atoms with Gasteiger partial charge >= 0.3 is 12.1 Å². The van der Waals surface area contributed by atoms with Gasteiger partial charge in [0.05, 0.1) is 11.1 Å². The first kappa shape index (κ1) is 21.9. The Kier molecular flexibility index (Phi) is 6.92. The maximum absolute atomic E-state index is 13.5. The van der Waals surface area contributed by atoms with E-state index in [1.54, 1.807) is 0 Å². The number of benzene rings is 2. The van der Waals surface area contributed by atoms with Gasteiger partial charge in [0.2, 0.25) is 0 Å². The van der Waals surface area contributed by atoms with E-state index < -0.39 is 48.0 Å². The molecule has 0 fully saturated rings. The molecule has 1 atom stereocenters. The van der Waals surface area contributed by atoms with Gasteiger partial charge in [-0.25, -0.2) is 4.39 Å². The van der Waals surface area contributed by atoms with Crippen LogP contribution in [-0.4, -0.2) is 30.4 Å². The lowest BCUT2D eigenvalue weighted by molar-refractivity contribution is -0.152. The summed E-state index contributed by atoms with van der Waals surface area (Å²) in [6.07, 6.45) is -5.92. The van der Waals surface area contributed by atoms with Gasteiger partial charge in [0.1, 0.15) is 12.4 Å². The van der Waals surface area contributed by atoms with Crippen molar-refractivity contribution < 1.29 is 36.7 Å². The van der Waals surface area contributed by atoms with Gasteiger partial charge in [-0.2, -0.15) is 13.2 Å². The van der Waals surface area contributed by atoms with Crippen LogP contribution in [0.5, 0.6) is 0 Å². The van der Waals surface area contributed by atoms with E-state index in [0.29, 0.717) is 0 Å². The highest BCUT2D eigenvalue weighted by molar-refractivity contribution is 5.97. The summed E-state index contributed by atoms with van der Waals surface area (Å²) in [5.74, 6) is -3.46. The SMILES string of the molecule is CC(OC(=O)CNC(=O)c1ccccc1F)C(=O)Nc1cccc(C(F)(F)F)c1. The maximum Gasteiger partial charge on any atom is 0.416 e. The summed E-state index contributed by atoms with van der Waals surface area (Å²) in [6, 6.07) is 9.08. The van der Waals surface area contributed by atoms with E-state index >= 15 is 0 Å². The number of hydrogen-bond acceptors (Lipinski definition) is 4. The molecule has 2 N–H and O–H groups in total. The lowest BCUT2D eigenvalue weighted by Crippen LogP contribution is -2.36. The fraction of sp³-hybridized carbons (Fsp3) is 0.211. The number of nitrogens with one attached hydrogen (secondary N) is 2. The molecule has 2 amide bonds. The van der Waals surface area contributed by atoms with Crippen LogP contribution in [0.15, 0.2) is 48.5 Å². The van der Waals surface area contributed by atoms with E-state index in [0.717, 1.165) is 24.3 Å². The first-order chi connectivity index (χ1) is 13.6. The number of esters is 1. The van der Waals surface area contributed by atoms with Crippen LogP contribution >= 0.6 is 0 Å². The minimum absolute atomic E-state index is 0.124. The Morgan fingerprint density at radius 1 is 1.07 bits per heavy atom. The third kappa shape index (κ3) is 6.30. The van der Waals surface area contributed by atoms with Gasteiger partial charge in [-0.3, -0.25) is 14.4 Å². The Morgan fingerprint density at radius 2 is 1.76 bits per heavy atom. The smallest absolute Gasteiger partial charge is 0.416 e. The summed E-state index contributed by atoms with van der Waals surface area (Å²) >= 11 is 0. The minimum atomic E-state index is -4.57. The number of ether oxygens (including phenoxy) is 1. The highest BCUT2D eigenvalue weighted by Gasteiger charge is 2.30. The van der Waals surface area contributed by atoms with Crippen molar-refractivity contribution in [1.82, 2.24) is 5.32 Å². The van der Waals surface area contributed by atoms with Gasteiger partial charge in [0, 0.05) is 5.69 Å². The quantitative estimate of drug-likeness (QED) is 0.564. The third-order valence-electron chi connectivity index (χ3n) is 3.65. The number of hydrogen-bond donors (Lipinski definition) is 2. The van der Waals surface area contributed by atoms with Crippen molar-refractivity contribution in [2.75, 3.05) is 11.9 Å². The summed E-state index contributed by atoms with van der Waals surface area (Å²) in [5.41, 5.74) is -1.34. The number of halogens is 4. The van der Waals surface area contributed by atoms with Crippen LogP contribution in [0.4, 0.5) is 23.2 Å². The lowest BCUT2D eigenvalue weighted by atomic mass is 10.2. The fourth-order valence-corrected chi connectivity index (χ4v) is 2.20. The van der Waals surface area contributed by atoms with Crippen LogP contribution in [-0.2, 0) is 20.5 Å². The number of rotatable bonds is 6. The van der Waals surface area contributed by atoms with Gasteiger partial charge in [-0.05, 0) is 37.3 Å². The van der Waals surface area contributed by atoms with Gasteiger partial charge in [0.15, 0.2) is 6.10 Å². The molecule has 0 radical (unpaired) electrons. The monoisotopic (exact) mass is 412 g/mol. The van der Waals surface area contributed by atoms with E-state index in [4.69, 9.17) is 4.74 Å². The van der Waals surface area contributed by atoms with E-state index in [-0.39, 0.29) is 11.3 Å². The zero-order valence-electron chi connectivity index (χ0n) is 15.0. The van der Waals surface area contributed by atoms with E-state index in [2.05, 4.69) is 10.6 Å². The van der Waals surface area contributed by atoms with Crippen molar-refractivity contribution >= 4 is 23.5 Å². The Labute approximate surface area is 162 Å². The molecule has 10 heteroatoms. The van der Waals surface area contributed by atoms with E-state index in [9.17, 15) is 31.9 Å². The minimum Gasteiger partial charge on any atom is -0.451 e. The number of amides is 2. The summed E-state index contributed by atoms with van der Waals surface area (Å²) in [4.78, 5) is 35.6. The standard InChI is InChI=1S/C19H16F4N2O4/c1-11(17(27)25-13-6-4-5-12(9-13)19(21,22)23)29-16(26)10-24-18(28)14-7-2-3-8-15(14)20/h2-9,11H,10H2,1H3,(H,24,28)(H,25,27). The van der Waals surface area contributed by atoms with E-state index in [1.165, 1.54) is 31.2 Å². The maximum atomic E-state index is 13.5. The van der Waals surface area contributed by atoms with Crippen LogP contribution < -0.4 is 10.6 Å². The average molecular weight is 412 g/mol. The topological polar surface area (TPSA) is 84.5 Å². The predicted molar refractivity (Wildman–Crippen MR) is 94.4 cm³/mol. The number of anilines is 1. The first-order valence-corrected chi connectivity index (χ1v) is 8.28. The third-order valence-corrected chi connectivity index (χ3v) is 3.65. The Hall–Kier alpha value is -3.43.